The van der Waals surface area contributed by atoms with Crippen LogP contribution in [0, 0.1) is 0 Å². The van der Waals surface area contributed by atoms with Crippen molar-refractivity contribution >= 4 is 17.9 Å². The van der Waals surface area contributed by atoms with Gasteiger partial charge in [-0.1, -0.05) is 18.2 Å². The second kappa shape index (κ2) is 11.9. The van der Waals surface area contributed by atoms with Gasteiger partial charge in [0.25, 0.3) is 0 Å². The predicted molar refractivity (Wildman–Crippen MR) is 119 cm³/mol. The van der Waals surface area contributed by atoms with E-state index in [1.807, 2.05) is 0 Å². The summed E-state index contributed by atoms with van der Waals surface area (Å²) in [5.41, 5.74) is -2.20. The van der Waals surface area contributed by atoms with E-state index in [0.29, 0.717) is 16.7 Å². The van der Waals surface area contributed by atoms with Crippen molar-refractivity contribution in [3.05, 3.63) is 90.3 Å². The summed E-state index contributed by atoms with van der Waals surface area (Å²) in [6, 6.07) is 9.41. The number of aromatic nitrogens is 3. The summed E-state index contributed by atoms with van der Waals surface area (Å²) in [7, 11) is 0. The number of pyridine rings is 3. The van der Waals surface area contributed by atoms with Crippen LogP contribution in [0.15, 0.2) is 73.6 Å². The highest BCUT2D eigenvalue weighted by Crippen LogP contribution is 2.29. The Kier molecular flexibility index (Phi) is 8.73. The van der Waals surface area contributed by atoms with E-state index in [9.17, 15) is 29.7 Å². The van der Waals surface area contributed by atoms with Crippen LogP contribution in [0.1, 0.15) is 23.1 Å². The number of hydrogen-bond acceptors (Lipinski definition) is 12. The summed E-state index contributed by atoms with van der Waals surface area (Å²) < 4.78 is 14.8. The number of carbonyl (C=O) groups is 3. The Morgan fingerprint density at radius 2 is 1.08 bits per heavy atom. The Labute approximate surface area is 205 Å². The summed E-state index contributed by atoms with van der Waals surface area (Å²) in [5, 5.41) is 32.1. The van der Waals surface area contributed by atoms with E-state index >= 15 is 0 Å². The average molecular weight is 497 g/mol. The van der Waals surface area contributed by atoms with Crippen LogP contribution in [0.5, 0.6) is 0 Å². The molecule has 0 fully saturated rings. The molecule has 0 aliphatic rings. The lowest BCUT2D eigenvalue weighted by molar-refractivity contribution is -0.278. The van der Waals surface area contributed by atoms with Crippen LogP contribution in [-0.2, 0) is 48.4 Å². The molecule has 0 saturated carbocycles. The van der Waals surface area contributed by atoms with Crippen molar-refractivity contribution in [3.63, 3.8) is 0 Å². The first-order valence-electron chi connectivity index (χ1n) is 10.6. The van der Waals surface area contributed by atoms with Gasteiger partial charge >= 0.3 is 23.7 Å². The number of hydrogen-bond donors (Lipinski definition) is 3. The topological polar surface area (TPSA) is 178 Å². The molecule has 0 spiro atoms. The minimum atomic E-state index is -3.88. The number of rotatable bonds is 11. The molecule has 3 aromatic heterocycles. The molecule has 0 saturated heterocycles. The molecule has 36 heavy (non-hydrogen) atoms. The van der Waals surface area contributed by atoms with Crippen LogP contribution >= 0.6 is 0 Å². The van der Waals surface area contributed by atoms with Gasteiger partial charge in [-0.3, -0.25) is 19.7 Å². The summed E-state index contributed by atoms with van der Waals surface area (Å²) in [6.07, 6.45) is 7.25. The second-order valence-corrected chi connectivity index (χ2v) is 7.61. The Bertz CT molecular complexity index is 1160. The van der Waals surface area contributed by atoms with Gasteiger partial charge in [0.2, 0.25) is 5.60 Å². The zero-order chi connectivity index (χ0) is 26.0. The van der Waals surface area contributed by atoms with Crippen molar-refractivity contribution in [2.24, 2.45) is 0 Å². The van der Waals surface area contributed by atoms with Gasteiger partial charge in [-0.2, -0.15) is 0 Å². The first-order chi connectivity index (χ1) is 17.2. The van der Waals surface area contributed by atoms with Gasteiger partial charge in [0.05, 0.1) is 6.42 Å². The predicted octanol–water partition coefficient (Wildman–Crippen LogP) is 0.204. The molecular weight excluding hydrogens is 474 g/mol. The SMILES string of the molecule is O=C(CC(O)(C(=O)OCc1cccnc1)C(O)(O)C(=O)OCc1cccnc1)OCc1cccnc1. The van der Waals surface area contributed by atoms with E-state index < -0.39 is 48.9 Å². The third-order valence-electron chi connectivity index (χ3n) is 4.91. The summed E-state index contributed by atoms with van der Waals surface area (Å²) in [6.45, 7) is -1.19. The molecule has 0 aliphatic heterocycles. The van der Waals surface area contributed by atoms with Gasteiger partial charge in [-0.15, -0.1) is 0 Å². The van der Waals surface area contributed by atoms with Crippen LogP contribution in [-0.4, -0.2) is 59.6 Å². The molecule has 1 unspecified atom stereocenters. The van der Waals surface area contributed by atoms with Crippen LogP contribution in [0.4, 0.5) is 0 Å². The molecule has 0 aliphatic carbocycles. The normalized spacial score (nSPS) is 12.8. The van der Waals surface area contributed by atoms with Crippen molar-refractivity contribution in [1.29, 1.82) is 0 Å². The fraction of sp³-hybridized carbons (Fsp3) is 0.250. The molecule has 3 aromatic rings. The van der Waals surface area contributed by atoms with Crippen molar-refractivity contribution in [2.75, 3.05) is 0 Å². The highest BCUT2D eigenvalue weighted by molar-refractivity contribution is 5.94. The molecule has 3 heterocycles. The van der Waals surface area contributed by atoms with Gasteiger partial charge < -0.3 is 29.5 Å². The largest absolute Gasteiger partial charge is 0.461 e. The van der Waals surface area contributed by atoms with Gasteiger partial charge in [-0.25, -0.2) is 9.59 Å². The Hall–Kier alpha value is -4.26. The maximum Gasteiger partial charge on any atom is 0.370 e. The first-order valence-corrected chi connectivity index (χ1v) is 10.6. The van der Waals surface area contributed by atoms with E-state index in [2.05, 4.69) is 15.0 Å². The lowest BCUT2D eigenvalue weighted by Crippen LogP contribution is -2.65. The fourth-order valence-corrected chi connectivity index (χ4v) is 2.90. The fourth-order valence-electron chi connectivity index (χ4n) is 2.90. The number of aliphatic hydroxyl groups is 3. The monoisotopic (exact) mass is 497 g/mol. The molecule has 3 N–H and O–H groups in total. The summed E-state index contributed by atoms with van der Waals surface area (Å²) >= 11 is 0. The maximum atomic E-state index is 12.8. The number of ether oxygens (including phenoxy) is 3. The Morgan fingerprint density at radius 3 is 1.50 bits per heavy atom. The quantitative estimate of drug-likeness (QED) is 0.186. The highest BCUT2D eigenvalue weighted by atomic mass is 16.6. The molecule has 0 bridgehead atoms. The Morgan fingerprint density at radius 1 is 0.667 bits per heavy atom. The maximum absolute atomic E-state index is 12.8. The van der Waals surface area contributed by atoms with E-state index in [0.717, 1.165) is 0 Å². The van der Waals surface area contributed by atoms with Crippen molar-refractivity contribution in [1.82, 2.24) is 15.0 Å². The zero-order valence-electron chi connectivity index (χ0n) is 18.9. The van der Waals surface area contributed by atoms with Crippen LogP contribution in [0.2, 0.25) is 0 Å². The van der Waals surface area contributed by atoms with Crippen molar-refractivity contribution in [2.45, 2.75) is 37.6 Å². The van der Waals surface area contributed by atoms with Crippen LogP contribution in [0.3, 0.4) is 0 Å². The molecule has 0 radical (unpaired) electrons. The average Bonchev–Trinajstić information content (AvgIpc) is 2.90. The summed E-state index contributed by atoms with van der Waals surface area (Å²) in [4.78, 5) is 49.4. The van der Waals surface area contributed by atoms with Gasteiger partial charge in [0.1, 0.15) is 19.8 Å². The van der Waals surface area contributed by atoms with Crippen LogP contribution in [0.25, 0.3) is 0 Å². The molecular formula is C24H23N3O9. The third-order valence-corrected chi connectivity index (χ3v) is 4.91. The minimum Gasteiger partial charge on any atom is -0.461 e. The van der Waals surface area contributed by atoms with Gasteiger partial charge in [0, 0.05) is 53.9 Å². The highest BCUT2D eigenvalue weighted by Gasteiger charge is 2.63. The summed E-state index contributed by atoms with van der Waals surface area (Å²) in [5.74, 6) is -8.58. The van der Waals surface area contributed by atoms with E-state index in [4.69, 9.17) is 14.2 Å². The molecule has 1 atom stereocenters. The number of carbonyl (C=O) groups excluding carboxylic acids is 3. The van der Waals surface area contributed by atoms with E-state index in [1.54, 1.807) is 36.4 Å². The van der Waals surface area contributed by atoms with Crippen molar-refractivity contribution < 1.29 is 43.9 Å². The van der Waals surface area contributed by atoms with Crippen LogP contribution < -0.4 is 0 Å². The molecule has 188 valence electrons. The lowest BCUT2D eigenvalue weighted by atomic mass is 9.89. The van der Waals surface area contributed by atoms with E-state index in [1.165, 1.54) is 37.2 Å². The van der Waals surface area contributed by atoms with E-state index in [-0.39, 0.29) is 6.61 Å². The molecule has 0 amide bonds. The first kappa shape index (κ1) is 26.3. The van der Waals surface area contributed by atoms with Gasteiger partial charge in [-0.05, 0) is 18.2 Å². The number of esters is 3. The minimum absolute atomic E-state index is 0.289. The Balaban J connectivity index is 1.76. The molecule has 3 rings (SSSR count). The lowest BCUT2D eigenvalue weighted by Gasteiger charge is -2.34. The smallest absolute Gasteiger partial charge is 0.370 e. The third kappa shape index (κ3) is 6.66. The number of nitrogens with zero attached hydrogens (tertiary/aromatic N) is 3. The molecule has 12 heteroatoms. The standard InChI is InChI=1S/C24H23N3O9/c28-20(34-14-17-4-1-7-25-11-17)10-23(31,21(29)35-15-18-5-2-8-26-12-18)24(32,33)22(30)36-16-19-6-3-9-27-13-19/h1-9,11-13,31-33H,10,14-16H2. The molecule has 0 aromatic carbocycles. The second-order valence-electron chi connectivity index (χ2n) is 7.61. The zero-order valence-corrected chi connectivity index (χ0v) is 18.9. The van der Waals surface area contributed by atoms with Crippen molar-refractivity contribution in [3.8, 4) is 0 Å². The molecule has 12 nitrogen and oxygen atoms in total. The van der Waals surface area contributed by atoms with Gasteiger partial charge in [0.15, 0.2) is 0 Å².